The van der Waals surface area contributed by atoms with E-state index in [1.807, 2.05) is 36.5 Å². The number of hydrogen-bond donors (Lipinski definition) is 1. The standard InChI is InChI=1S/C20H31NO4/c1-2-3-4-13-16-19(21(24)25)17-14-11-9-7-5-6-8-10-12-15-18-20(22)23/h5,7-8,10-11,14,16H,2-4,6,9,12-13,15,17-18H2,1H3,(H,22,23)/b7-5+,10-8+,14-11+,19-16-. The topological polar surface area (TPSA) is 80.4 Å². The van der Waals surface area contributed by atoms with Gasteiger partial charge in [0.2, 0.25) is 5.70 Å². The van der Waals surface area contributed by atoms with E-state index in [1.165, 1.54) is 0 Å². The zero-order valence-electron chi connectivity index (χ0n) is 15.2. The minimum Gasteiger partial charge on any atom is -0.481 e. The predicted octanol–water partition coefficient (Wildman–Crippen LogP) is 5.82. The number of hydrogen-bond acceptors (Lipinski definition) is 3. The number of allylic oxidation sites excluding steroid dienone is 7. The van der Waals surface area contributed by atoms with Crippen molar-refractivity contribution < 1.29 is 14.8 Å². The van der Waals surface area contributed by atoms with Crippen LogP contribution in [0.15, 0.2) is 48.2 Å². The van der Waals surface area contributed by atoms with Crippen molar-refractivity contribution in [2.45, 2.75) is 71.1 Å². The van der Waals surface area contributed by atoms with Gasteiger partial charge in [-0.25, -0.2) is 0 Å². The van der Waals surface area contributed by atoms with E-state index in [4.69, 9.17) is 5.11 Å². The first kappa shape index (κ1) is 22.8. The van der Waals surface area contributed by atoms with Crippen molar-refractivity contribution in [1.29, 1.82) is 0 Å². The van der Waals surface area contributed by atoms with Crippen LogP contribution in [0.4, 0.5) is 0 Å². The molecule has 0 aliphatic rings. The first-order valence-electron chi connectivity index (χ1n) is 9.08. The van der Waals surface area contributed by atoms with Crippen LogP contribution < -0.4 is 0 Å². The van der Waals surface area contributed by atoms with E-state index in [-0.39, 0.29) is 17.0 Å². The second kappa shape index (κ2) is 16.7. The molecule has 0 radical (unpaired) electrons. The Morgan fingerprint density at radius 1 is 0.960 bits per heavy atom. The van der Waals surface area contributed by atoms with Crippen LogP contribution in [0.3, 0.4) is 0 Å². The number of rotatable bonds is 15. The Morgan fingerprint density at radius 2 is 1.60 bits per heavy atom. The van der Waals surface area contributed by atoms with Crippen LogP contribution in [-0.2, 0) is 4.79 Å². The lowest BCUT2D eigenvalue weighted by molar-refractivity contribution is -0.427. The van der Waals surface area contributed by atoms with Gasteiger partial charge in [-0.2, -0.15) is 0 Å². The second-order valence-corrected chi connectivity index (χ2v) is 5.82. The largest absolute Gasteiger partial charge is 0.481 e. The van der Waals surface area contributed by atoms with E-state index in [9.17, 15) is 14.9 Å². The Kier molecular flexibility index (Phi) is 15.2. The highest BCUT2D eigenvalue weighted by molar-refractivity contribution is 5.66. The lowest BCUT2D eigenvalue weighted by atomic mass is 10.1. The molecule has 0 fully saturated rings. The second-order valence-electron chi connectivity index (χ2n) is 5.82. The maximum atomic E-state index is 11.0. The highest BCUT2D eigenvalue weighted by atomic mass is 16.6. The molecule has 0 saturated carbocycles. The number of carboxylic acids is 1. The molecular formula is C20H31NO4. The predicted molar refractivity (Wildman–Crippen MR) is 102 cm³/mol. The fraction of sp³-hybridized carbons (Fsp3) is 0.550. The van der Waals surface area contributed by atoms with Crippen LogP contribution in [0.1, 0.15) is 71.1 Å². The number of carboxylic acid groups (broad SMARTS) is 1. The van der Waals surface area contributed by atoms with Crippen molar-refractivity contribution in [2.24, 2.45) is 0 Å². The average molecular weight is 349 g/mol. The molecule has 0 unspecified atom stereocenters. The molecule has 0 aromatic carbocycles. The molecule has 140 valence electrons. The number of aliphatic carboxylic acids is 1. The molecule has 5 nitrogen and oxygen atoms in total. The summed E-state index contributed by atoms with van der Waals surface area (Å²) in [5.41, 5.74) is 0.278. The minimum atomic E-state index is -0.754. The molecule has 0 bridgehead atoms. The van der Waals surface area contributed by atoms with Gasteiger partial charge in [0.15, 0.2) is 0 Å². The minimum absolute atomic E-state index is 0.212. The summed E-state index contributed by atoms with van der Waals surface area (Å²) >= 11 is 0. The molecule has 0 aliphatic heterocycles. The molecule has 1 N–H and O–H groups in total. The molecule has 5 heteroatoms. The fourth-order valence-electron chi connectivity index (χ4n) is 2.13. The summed E-state index contributed by atoms with van der Waals surface area (Å²) in [6.45, 7) is 2.11. The molecular weight excluding hydrogens is 318 g/mol. The first-order chi connectivity index (χ1) is 12.1. The number of carbonyl (C=O) groups is 1. The van der Waals surface area contributed by atoms with E-state index in [1.54, 1.807) is 6.08 Å². The maximum Gasteiger partial charge on any atom is 0.303 e. The van der Waals surface area contributed by atoms with Gasteiger partial charge in [-0.3, -0.25) is 14.9 Å². The van der Waals surface area contributed by atoms with Gasteiger partial charge in [0.1, 0.15) is 0 Å². The smallest absolute Gasteiger partial charge is 0.303 e. The summed E-state index contributed by atoms with van der Waals surface area (Å²) in [7, 11) is 0. The van der Waals surface area contributed by atoms with E-state index in [0.717, 1.165) is 44.9 Å². The summed E-state index contributed by atoms with van der Waals surface area (Å²) < 4.78 is 0. The van der Waals surface area contributed by atoms with Crippen LogP contribution in [-0.4, -0.2) is 16.0 Å². The molecule has 0 heterocycles. The molecule has 0 aromatic heterocycles. The third-order valence-electron chi connectivity index (χ3n) is 3.55. The monoisotopic (exact) mass is 349 g/mol. The number of unbranched alkanes of at least 4 members (excludes halogenated alkanes) is 4. The van der Waals surface area contributed by atoms with Crippen LogP contribution in [0.5, 0.6) is 0 Å². The van der Waals surface area contributed by atoms with Crippen LogP contribution >= 0.6 is 0 Å². The highest BCUT2D eigenvalue weighted by Crippen LogP contribution is 2.09. The van der Waals surface area contributed by atoms with Crippen molar-refractivity contribution >= 4 is 5.97 Å². The van der Waals surface area contributed by atoms with Gasteiger partial charge in [0.25, 0.3) is 0 Å². The van der Waals surface area contributed by atoms with Gasteiger partial charge in [0, 0.05) is 6.42 Å². The Balaban J connectivity index is 3.88. The van der Waals surface area contributed by atoms with Gasteiger partial charge in [-0.15, -0.1) is 0 Å². The number of nitro groups is 1. The van der Waals surface area contributed by atoms with E-state index >= 15 is 0 Å². The lowest BCUT2D eigenvalue weighted by Gasteiger charge is -1.95. The summed E-state index contributed by atoms with van der Waals surface area (Å²) in [5.74, 6) is -0.754. The normalized spacial score (nSPS) is 12.6. The maximum absolute atomic E-state index is 11.0. The molecule has 25 heavy (non-hydrogen) atoms. The van der Waals surface area contributed by atoms with Crippen molar-refractivity contribution in [3.05, 3.63) is 58.3 Å². The molecule has 0 aliphatic carbocycles. The van der Waals surface area contributed by atoms with Crippen molar-refractivity contribution in [2.75, 3.05) is 0 Å². The Labute approximate surface area is 151 Å². The SMILES string of the molecule is CCCCC/C=C(/C/C=C/C/C=C/C/C=C/CCCC(=O)O)[N+](=O)[O-]. The van der Waals surface area contributed by atoms with Crippen LogP contribution in [0, 0.1) is 10.1 Å². The van der Waals surface area contributed by atoms with Gasteiger partial charge < -0.3 is 5.11 Å². The van der Waals surface area contributed by atoms with Crippen molar-refractivity contribution in [3.8, 4) is 0 Å². The summed E-state index contributed by atoms with van der Waals surface area (Å²) in [4.78, 5) is 21.0. The summed E-state index contributed by atoms with van der Waals surface area (Å²) in [5, 5.41) is 19.5. The Morgan fingerprint density at radius 3 is 2.20 bits per heavy atom. The highest BCUT2D eigenvalue weighted by Gasteiger charge is 2.06. The molecule has 0 rings (SSSR count). The number of nitrogens with zero attached hydrogens (tertiary/aromatic N) is 1. The summed E-state index contributed by atoms with van der Waals surface area (Å²) in [6, 6.07) is 0. The van der Waals surface area contributed by atoms with Crippen molar-refractivity contribution in [3.63, 3.8) is 0 Å². The van der Waals surface area contributed by atoms with E-state index in [0.29, 0.717) is 12.8 Å². The molecule has 0 saturated heterocycles. The fourth-order valence-corrected chi connectivity index (χ4v) is 2.13. The van der Waals surface area contributed by atoms with Gasteiger partial charge in [-0.05, 0) is 44.6 Å². The lowest BCUT2D eigenvalue weighted by Crippen LogP contribution is -1.97. The zero-order chi connectivity index (χ0) is 18.8. The zero-order valence-corrected chi connectivity index (χ0v) is 15.2. The Hall–Kier alpha value is -2.17. The van der Waals surface area contributed by atoms with Gasteiger partial charge >= 0.3 is 5.97 Å². The molecule has 0 spiro atoms. The van der Waals surface area contributed by atoms with E-state index < -0.39 is 5.97 Å². The third-order valence-corrected chi connectivity index (χ3v) is 3.55. The molecule has 0 aromatic rings. The quantitative estimate of drug-likeness (QED) is 0.175. The molecule has 0 atom stereocenters. The third kappa shape index (κ3) is 16.5. The van der Waals surface area contributed by atoms with Crippen LogP contribution in [0.2, 0.25) is 0 Å². The van der Waals surface area contributed by atoms with E-state index in [2.05, 4.69) is 6.92 Å². The Bertz CT molecular complexity index is 490. The van der Waals surface area contributed by atoms with Crippen molar-refractivity contribution in [1.82, 2.24) is 0 Å². The van der Waals surface area contributed by atoms with Crippen LogP contribution in [0.25, 0.3) is 0 Å². The first-order valence-corrected chi connectivity index (χ1v) is 9.08. The summed E-state index contributed by atoms with van der Waals surface area (Å²) in [6.07, 6.45) is 21.2. The van der Waals surface area contributed by atoms with Gasteiger partial charge in [-0.1, -0.05) is 56.2 Å². The van der Waals surface area contributed by atoms with Gasteiger partial charge in [0.05, 0.1) is 11.3 Å². The molecule has 0 amide bonds. The average Bonchev–Trinajstić information content (AvgIpc) is 2.57.